The molecule has 0 aliphatic heterocycles. The zero-order chi connectivity index (χ0) is 15.0. The van der Waals surface area contributed by atoms with Crippen molar-refractivity contribution < 1.29 is 14.7 Å². The number of aliphatic hydroxyl groups is 1. The van der Waals surface area contributed by atoms with E-state index in [1.807, 2.05) is 0 Å². The second kappa shape index (κ2) is 8.95. The Morgan fingerprint density at radius 2 is 1.90 bits per heavy atom. The van der Waals surface area contributed by atoms with Gasteiger partial charge in [-0.05, 0) is 25.2 Å². The van der Waals surface area contributed by atoms with Crippen LogP contribution < -0.4 is 10.6 Å². The van der Waals surface area contributed by atoms with Crippen molar-refractivity contribution in [3.05, 3.63) is 0 Å². The van der Waals surface area contributed by atoms with Crippen LogP contribution >= 0.6 is 0 Å². The van der Waals surface area contributed by atoms with E-state index < -0.39 is 0 Å². The van der Waals surface area contributed by atoms with Gasteiger partial charge in [0.1, 0.15) is 0 Å². The molecule has 0 heterocycles. The van der Waals surface area contributed by atoms with Crippen LogP contribution in [0.25, 0.3) is 0 Å². The second-order valence-corrected chi connectivity index (χ2v) is 6.10. The van der Waals surface area contributed by atoms with Crippen molar-refractivity contribution in [2.75, 3.05) is 13.2 Å². The van der Waals surface area contributed by atoms with E-state index in [1.165, 1.54) is 0 Å². The van der Waals surface area contributed by atoms with Crippen molar-refractivity contribution in [3.8, 4) is 0 Å². The van der Waals surface area contributed by atoms with Gasteiger partial charge in [-0.3, -0.25) is 9.59 Å². The summed E-state index contributed by atoms with van der Waals surface area (Å²) in [5, 5.41) is 14.8. The molecule has 0 aromatic carbocycles. The first kappa shape index (κ1) is 17.0. The Kier molecular flexibility index (Phi) is 7.59. The van der Waals surface area contributed by atoms with Crippen molar-refractivity contribution in [2.24, 2.45) is 11.8 Å². The molecule has 0 saturated heterocycles. The van der Waals surface area contributed by atoms with Gasteiger partial charge >= 0.3 is 0 Å². The van der Waals surface area contributed by atoms with E-state index in [9.17, 15) is 14.7 Å². The third-order valence-electron chi connectivity index (χ3n) is 3.72. The number of carbonyl (C=O) groups is 2. The topological polar surface area (TPSA) is 78.4 Å². The fraction of sp³-hybridized carbons (Fsp3) is 0.867. The summed E-state index contributed by atoms with van der Waals surface area (Å²) in [4.78, 5) is 23.5. The van der Waals surface area contributed by atoms with E-state index in [4.69, 9.17) is 0 Å². The molecule has 20 heavy (non-hydrogen) atoms. The van der Waals surface area contributed by atoms with E-state index in [0.717, 1.165) is 32.1 Å². The van der Waals surface area contributed by atoms with Crippen LogP contribution in [0, 0.1) is 11.8 Å². The van der Waals surface area contributed by atoms with Crippen LogP contribution in [0.5, 0.6) is 0 Å². The first-order valence-electron chi connectivity index (χ1n) is 7.70. The Hall–Kier alpha value is -1.10. The molecule has 0 spiro atoms. The molecule has 1 aliphatic rings. The monoisotopic (exact) mass is 284 g/mol. The van der Waals surface area contributed by atoms with Gasteiger partial charge in [-0.1, -0.05) is 26.7 Å². The highest BCUT2D eigenvalue weighted by Crippen LogP contribution is 2.24. The predicted octanol–water partition coefficient (Wildman–Crippen LogP) is 1.21. The number of carbonyl (C=O) groups excluding carboxylic acids is 2. The van der Waals surface area contributed by atoms with Crippen molar-refractivity contribution >= 4 is 11.8 Å². The number of nitrogens with one attached hydrogen (secondary N) is 2. The molecule has 0 bridgehead atoms. The summed E-state index contributed by atoms with van der Waals surface area (Å²) in [5.41, 5.74) is 0. The fourth-order valence-electron chi connectivity index (χ4n) is 2.68. The van der Waals surface area contributed by atoms with Gasteiger partial charge < -0.3 is 15.7 Å². The summed E-state index contributed by atoms with van der Waals surface area (Å²) >= 11 is 0. The molecule has 5 heteroatoms. The number of aliphatic hydroxyl groups excluding tert-OH is 1. The Morgan fingerprint density at radius 3 is 2.45 bits per heavy atom. The van der Waals surface area contributed by atoms with Crippen LogP contribution in [-0.4, -0.2) is 36.1 Å². The van der Waals surface area contributed by atoms with E-state index in [0.29, 0.717) is 12.5 Å². The first-order valence-corrected chi connectivity index (χ1v) is 7.70. The van der Waals surface area contributed by atoms with Crippen LogP contribution in [0.3, 0.4) is 0 Å². The molecule has 0 aromatic heterocycles. The highest BCUT2D eigenvalue weighted by Gasteiger charge is 2.22. The van der Waals surface area contributed by atoms with E-state index in [1.54, 1.807) is 0 Å². The molecular formula is C15H28N2O3. The smallest absolute Gasteiger partial charge is 0.223 e. The Balaban J connectivity index is 2.17. The minimum Gasteiger partial charge on any atom is -0.394 e. The third kappa shape index (κ3) is 6.37. The number of rotatable bonds is 8. The molecule has 1 saturated carbocycles. The Labute approximate surface area is 121 Å². The van der Waals surface area contributed by atoms with E-state index in [2.05, 4.69) is 24.5 Å². The largest absolute Gasteiger partial charge is 0.394 e. The summed E-state index contributed by atoms with van der Waals surface area (Å²) < 4.78 is 0. The lowest BCUT2D eigenvalue weighted by molar-refractivity contribution is -0.125. The molecule has 1 rings (SSSR count). The quantitative estimate of drug-likeness (QED) is 0.627. The molecule has 3 N–H and O–H groups in total. The van der Waals surface area contributed by atoms with E-state index in [-0.39, 0.29) is 36.8 Å². The summed E-state index contributed by atoms with van der Waals surface area (Å²) in [5.74, 6) is 0.534. The van der Waals surface area contributed by atoms with E-state index >= 15 is 0 Å². The highest BCUT2D eigenvalue weighted by atomic mass is 16.3. The number of hydrogen-bond acceptors (Lipinski definition) is 3. The van der Waals surface area contributed by atoms with Gasteiger partial charge in [-0.15, -0.1) is 0 Å². The molecular weight excluding hydrogens is 256 g/mol. The van der Waals surface area contributed by atoms with Gasteiger partial charge in [0.15, 0.2) is 0 Å². The zero-order valence-electron chi connectivity index (χ0n) is 12.7. The number of amides is 2. The molecule has 1 unspecified atom stereocenters. The van der Waals surface area contributed by atoms with Gasteiger partial charge in [0, 0.05) is 18.9 Å². The fourth-order valence-corrected chi connectivity index (χ4v) is 2.68. The molecule has 0 aromatic rings. The van der Waals surface area contributed by atoms with Crippen molar-refractivity contribution in [3.63, 3.8) is 0 Å². The number of hydrogen-bond donors (Lipinski definition) is 3. The lowest BCUT2D eigenvalue weighted by atomic mass is 10.0. The minimum absolute atomic E-state index is 0.0433. The van der Waals surface area contributed by atoms with Crippen LogP contribution in [0.2, 0.25) is 0 Å². The summed E-state index contributed by atoms with van der Waals surface area (Å²) in [6.45, 7) is 4.44. The first-order chi connectivity index (χ1) is 9.52. The third-order valence-corrected chi connectivity index (χ3v) is 3.72. The van der Waals surface area contributed by atoms with Crippen LogP contribution in [0.4, 0.5) is 0 Å². The molecule has 116 valence electrons. The molecule has 1 fully saturated rings. The summed E-state index contributed by atoms with van der Waals surface area (Å²) in [6.07, 6.45) is 5.24. The van der Waals surface area contributed by atoms with Gasteiger partial charge in [0.05, 0.1) is 12.6 Å². The molecule has 2 amide bonds. The second-order valence-electron chi connectivity index (χ2n) is 6.10. The normalized spacial score (nSPS) is 17.2. The molecule has 1 aliphatic carbocycles. The van der Waals surface area contributed by atoms with Gasteiger partial charge in [0.25, 0.3) is 0 Å². The molecule has 0 radical (unpaired) electrons. The standard InChI is InChI=1S/C15H28N2O3/c1-11(2)9-13(10-18)17-14(19)7-8-16-15(20)12-5-3-4-6-12/h11-13,18H,3-10H2,1-2H3,(H,16,20)(H,17,19). The van der Waals surface area contributed by atoms with Crippen molar-refractivity contribution in [1.82, 2.24) is 10.6 Å². The lowest BCUT2D eigenvalue weighted by Gasteiger charge is -2.18. The Bertz CT molecular complexity index is 312. The lowest BCUT2D eigenvalue weighted by Crippen LogP contribution is -2.40. The minimum atomic E-state index is -0.187. The summed E-state index contributed by atoms with van der Waals surface area (Å²) in [6, 6.07) is -0.187. The maximum absolute atomic E-state index is 11.8. The summed E-state index contributed by atoms with van der Waals surface area (Å²) in [7, 11) is 0. The molecule has 5 nitrogen and oxygen atoms in total. The van der Waals surface area contributed by atoms with Gasteiger partial charge in [0.2, 0.25) is 11.8 Å². The predicted molar refractivity (Wildman–Crippen MR) is 78.1 cm³/mol. The van der Waals surface area contributed by atoms with Crippen LogP contribution in [-0.2, 0) is 9.59 Å². The van der Waals surface area contributed by atoms with Crippen molar-refractivity contribution in [2.45, 2.75) is 58.4 Å². The average molecular weight is 284 g/mol. The average Bonchev–Trinajstić information content (AvgIpc) is 2.91. The van der Waals surface area contributed by atoms with Crippen LogP contribution in [0.1, 0.15) is 52.4 Å². The SMILES string of the molecule is CC(C)CC(CO)NC(=O)CCNC(=O)C1CCCC1. The maximum Gasteiger partial charge on any atom is 0.223 e. The Morgan fingerprint density at radius 1 is 1.25 bits per heavy atom. The van der Waals surface area contributed by atoms with Crippen LogP contribution in [0.15, 0.2) is 0 Å². The van der Waals surface area contributed by atoms with Crippen molar-refractivity contribution in [1.29, 1.82) is 0 Å². The highest BCUT2D eigenvalue weighted by molar-refractivity contribution is 5.80. The van der Waals surface area contributed by atoms with Gasteiger partial charge in [-0.2, -0.15) is 0 Å². The zero-order valence-corrected chi connectivity index (χ0v) is 12.7. The maximum atomic E-state index is 11.8. The van der Waals surface area contributed by atoms with Gasteiger partial charge in [-0.25, -0.2) is 0 Å². The molecule has 1 atom stereocenters.